The monoisotopic (exact) mass is 1130 g/mol. The molecule has 2 fully saturated rings. The summed E-state index contributed by atoms with van der Waals surface area (Å²) in [6, 6.07) is 27.8. The van der Waals surface area contributed by atoms with Gasteiger partial charge in [0.25, 0.3) is 11.8 Å². The Hall–Kier alpha value is -6.20. The Labute approximate surface area is 488 Å². The van der Waals surface area contributed by atoms with Gasteiger partial charge in [0.2, 0.25) is 11.8 Å². The first-order valence-electron chi connectivity index (χ1n) is 29.9. The fourth-order valence-electron chi connectivity index (χ4n) is 12.3. The average molecular weight is 1130 g/mol. The van der Waals surface area contributed by atoms with E-state index < -0.39 is 0 Å². The minimum atomic E-state index is -0.0275. The zero-order chi connectivity index (χ0) is 58.7. The molecule has 4 aromatic rings. The van der Waals surface area contributed by atoms with E-state index in [1.165, 1.54) is 22.3 Å². The number of fused-ring (bicyclic) bond motifs is 2. The van der Waals surface area contributed by atoms with E-state index in [-0.39, 0.29) is 71.2 Å². The molecule has 2 heterocycles. The van der Waals surface area contributed by atoms with Crippen molar-refractivity contribution < 1.29 is 47.6 Å². The second kappa shape index (κ2) is 31.5. The van der Waals surface area contributed by atoms with Gasteiger partial charge in [0.15, 0.2) is 23.0 Å². The van der Waals surface area contributed by atoms with Gasteiger partial charge in [-0.2, -0.15) is 0 Å². The molecule has 2 unspecified atom stereocenters. The maximum absolute atomic E-state index is 13.8. The first kappa shape index (κ1) is 63.4. The molecular formula is C66H94N6O10. The van der Waals surface area contributed by atoms with Crippen LogP contribution in [0.5, 0.6) is 23.0 Å². The number of nitrogens with zero attached hydrogens (tertiary/aromatic N) is 4. The second-order valence-electron chi connectivity index (χ2n) is 23.4. The molecule has 2 aliphatic heterocycles. The van der Waals surface area contributed by atoms with Crippen molar-refractivity contribution >= 4 is 23.6 Å². The van der Waals surface area contributed by atoms with E-state index >= 15 is 0 Å². The Balaban J connectivity index is 0.000000236. The third-order valence-electron chi connectivity index (χ3n) is 17.1. The predicted molar refractivity (Wildman–Crippen MR) is 321 cm³/mol. The first-order valence-corrected chi connectivity index (χ1v) is 29.9. The lowest BCUT2D eigenvalue weighted by atomic mass is 9.83. The summed E-state index contributed by atoms with van der Waals surface area (Å²) in [4.78, 5) is 62.2. The maximum atomic E-state index is 13.8. The van der Waals surface area contributed by atoms with Gasteiger partial charge in [0.05, 0.1) is 27.4 Å². The normalized spacial score (nSPS) is 20.0. The first-order chi connectivity index (χ1) is 39.6. The number of benzene rings is 4. The quantitative estimate of drug-likeness (QED) is 0.0583. The average Bonchev–Trinajstić information content (AvgIpc) is 4.17. The number of carbonyl (C=O) groups excluding carboxylic acids is 4. The minimum absolute atomic E-state index is 0.0265. The largest absolute Gasteiger partial charge is 0.493 e. The Morgan fingerprint density at radius 3 is 1.21 bits per heavy atom. The zero-order valence-corrected chi connectivity index (χ0v) is 50.7. The van der Waals surface area contributed by atoms with Crippen LogP contribution >= 0.6 is 0 Å². The van der Waals surface area contributed by atoms with Crippen molar-refractivity contribution in [3.63, 3.8) is 0 Å². The van der Waals surface area contributed by atoms with Crippen LogP contribution in [0.25, 0.3) is 0 Å². The van der Waals surface area contributed by atoms with Gasteiger partial charge in [-0.3, -0.25) is 19.2 Å². The number of hydrogen-bond acceptors (Lipinski definition) is 12. The lowest BCUT2D eigenvalue weighted by Gasteiger charge is -2.34. The van der Waals surface area contributed by atoms with Crippen LogP contribution in [0.2, 0.25) is 0 Å². The van der Waals surface area contributed by atoms with Gasteiger partial charge in [-0.1, -0.05) is 48.5 Å². The number of nitrogens with one attached hydrogen (secondary N) is 2. The molecule has 8 rings (SSSR count). The molecule has 82 heavy (non-hydrogen) atoms. The lowest BCUT2D eigenvalue weighted by molar-refractivity contribution is -0.136. The standard InChI is InChI=1S/2C33H47N3O5/c2*1-23(2)36(33(38)27-13-14-30(40-5)31(18-27)41-16-8-15-39-4)22-29-20-34-19-28(29)21-35(3)32(37)26-12-11-24-9-6-7-10-25(24)17-26/h2*6-7,9-10,13-14,18,23,26,28-29,34H,8,11-12,15-17,19-22H2,1-5H3/t2*26?,28-,29-/m00/s1. The van der Waals surface area contributed by atoms with Gasteiger partial charge >= 0.3 is 0 Å². The molecule has 16 heteroatoms. The van der Waals surface area contributed by atoms with Crippen molar-refractivity contribution in [1.29, 1.82) is 0 Å². The van der Waals surface area contributed by atoms with Crippen molar-refractivity contribution in [3.8, 4) is 23.0 Å². The topological polar surface area (TPSA) is 161 Å². The van der Waals surface area contributed by atoms with E-state index in [1.54, 1.807) is 64.8 Å². The molecule has 4 amide bonds. The molecule has 2 saturated heterocycles. The van der Waals surface area contributed by atoms with Crippen LogP contribution in [-0.2, 0) is 44.7 Å². The summed E-state index contributed by atoms with van der Waals surface area (Å²) in [5.41, 5.74) is 6.51. The molecule has 2 aliphatic carbocycles. The van der Waals surface area contributed by atoms with Crippen LogP contribution < -0.4 is 29.6 Å². The zero-order valence-electron chi connectivity index (χ0n) is 50.7. The summed E-state index contributed by atoms with van der Waals surface area (Å²) in [7, 11) is 10.4. The molecule has 4 aliphatic rings. The number of aryl methyl sites for hydroxylation is 2. The predicted octanol–water partition coefficient (Wildman–Crippen LogP) is 8.12. The summed E-state index contributed by atoms with van der Waals surface area (Å²) in [6.07, 6.45) is 6.87. The van der Waals surface area contributed by atoms with Crippen LogP contribution in [0.1, 0.15) is 96.3 Å². The van der Waals surface area contributed by atoms with E-state index in [0.29, 0.717) is 86.7 Å². The fourth-order valence-corrected chi connectivity index (χ4v) is 12.3. The summed E-state index contributed by atoms with van der Waals surface area (Å²) in [5, 5.41) is 7.03. The number of carbonyl (C=O) groups is 4. The fraction of sp³-hybridized carbons (Fsp3) is 0.576. The van der Waals surface area contributed by atoms with Gasteiger partial charge < -0.3 is 58.7 Å². The van der Waals surface area contributed by atoms with Gasteiger partial charge in [-0.25, -0.2) is 0 Å². The molecule has 448 valence electrons. The van der Waals surface area contributed by atoms with E-state index in [0.717, 1.165) is 77.5 Å². The van der Waals surface area contributed by atoms with Crippen LogP contribution in [0.15, 0.2) is 84.9 Å². The van der Waals surface area contributed by atoms with Gasteiger partial charge in [0, 0.05) is 142 Å². The van der Waals surface area contributed by atoms with Crippen molar-refractivity contribution in [2.24, 2.45) is 35.5 Å². The van der Waals surface area contributed by atoms with Crippen LogP contribution in [0.3, 0.4) is 0 Å². The Morgan fingerprint density at radius 2 is 0.854 bits per heavy atom. The Morgan fingerprint density at radius 1 is 0.488 bits per heavy atom. The summed E-state index contributed by atoms with van der Waals surface area (Å²) in [5.74, 6) is 3.89. The van der Waals surface area contributed by atoms with Gasteiger partial charge in [0.1, 0.15) is 0 Å². The van der Waals surface area contributed by atoms with E-state index in [9.17, 15) is 19.2 Å². The highest BCUT2D eigenvalue weighted by atomic mass is 16.5. The van der Waals surface area contributed by atoms with Crippen molar-refractivity contribution in [2.75, 3.05) is 121 Å². The van der Waals surface area contributed by atoms with E-state index in [1.807, 2.05) is 33.7 Å². The van der Waals surface area contributed by atoms with Crippen molar-refractivity contribution in [2.45, 2.75) is 91.1 Å². The number of ether oxygens (including phenoxy) is 6. The Bertz CT molecular complexity index is 2520. The highest BCUT2D eigenvalue weighted by Crippen LogP contribution is 2.34. The third-order valence-corrected chi connectivity index (χ3v) is 17.1. The number of rotatable bonds is 26. The minimum Gasteiger partial charge on any atom is -0.493 e. The molecule has 4 aromatic carbocycles. The lowest BCUT2D eigenvalue weighted by Crippen LogP contribution is -2.44. The highest BCUT2D eigenvalue weighted by Gasteiger charge is 2.37. The summed E-state index contributed by atoms with van der Waals surface area (Å²) >= 11 is 0. The van der Waals surface area contributed by atoms with Gasteiger partial charge in [-0.05, 0) is 149 Å². The van der Waals surface area contributed by atoms with Crippen LogP contribution in [-0.4, -0.2) is 177 Å². The van der Waals surface area contributed by atoms with Crippen molar-refractivity contribution in [1.82, 2.24) is 30.2 Å². The molecule has 0 spiro atoms. The molecule has 2 N–H and O–H groups in total. The van der Waals surface area contributed by atoms with Gasteiger partial charge in [-0.15, -0.1) is 0 Å². The molecule has 6 atom stereocenters. The maximum Gasteiger partial charge on any atom is 0.254 e. The highest BCUT2D eigenvalue weighted by molar-refractivity contribution is 5.96. The van der Waals surface area contributed by atoms with Crippen LogP contribution in [0, 0.1) is 35.5 Å². The van der Waals surface area contributed by atoms with E-state index in [2.05, 4.69) is 86.9 Å². The SMILES string of the molecule is COCCCOc1cc(C(=O)N(C[C@@H]2CNC[C@H]2CN(C)C(=O)C2CCc3ccccc3C2)C(C)C)ccc1OC.COCCCOc1cc(C(=O)N(C[C@@H]2CNC[C@H]2CN(C)C(=O)C2CCc3ccccc3C2)C(C)C)ccc1OC. The number of amides is 4. The molecule has 0 bridgehead atoms. The number of hydrogen-bond donors (Lipinski definition) is 2. The smallest absolute Gasteiger partial charge is 0.254 e. The second-order valence-corrected chi connectivity index (χ2v) is 23.4. The summed E-state index contributed by atoms with van der Waals surface area (Å²) < 4.78 is 33.0. The molecular weight excluding hydrogens is 1040 g/mol. The molecule has 0 saturated carbocycles. The number of methoxy groups -OCH3 is 4. The van der Waals surface area contributed by atoms with Crippen molar-refractivity contribution in [3.05, 3.63) is 118 Å². The summed E-state index contributed by atoms with van der Waals surface area (Å²) in [6.45, 7) is 16.4. The third kappa shape index (κ3) is 17.0. The molecule has 16 nitrogen and oxygen atoms in total. The molecule has 0 radical (unpaired) electrons. The Kier molecular flexibility index (Phi) is 24.3. The van der Waals surface area contributed by atoms with Crippen LogP contribution in [0.4, 0.5) is 0 Å². The molecule has 0 aromatic heterocycles. The van der Waals surface area contributed by atoms with E-state index in [4.69, 9.17) is 28.4 Å².